The summed E-state index contributed by atoms with van der Waals surface area (Å²) in [7, 11) is 0. The third-order valence-electron chi connectivity index (χ3n) is 2.56. The van der Waals surface area contributed by atoms with E-state index in [4.69, 9.17) is 4.74 Å². The molecule has 2 aromatic rings. The minimum absolute atomic E-state index is 0.0469. The molecule has 0 atom stereocenters. The maximum atomic E-state index is 12.1. The topological polar surface area (TPSA) is 123 Å². The van der Waals surface area contributed by atoms with Gasteiger partial charge in [-0.15, -0.1) is 5.10 Å². The highest BCUT2D eigenvalue weighted by molar-refractivity contribution is 6.06. The van der Waals surface area contributed by atoms with Gasteiger partial charge in [0.1, 0.15) is 5.56 Å². The molecule has 1 aromatic heterocycles. The number of aromatic amines is 1. The molecular weight excluding hydrogens is 278 g/mol. The molecule has 1 amide bonds. The van der Waals surface area contributed by atoms with E-state index < -0.39 is 10.8 Å². The second-order valence-electron chi connectivity index (χ2n) is 4.13. The molecule has 2 N–H and O–H groups in total. The highest BCUT2D eigenvalue weighted by Crippen LogP contribution is 2.20. The lowest BCUT2D eigenvalue weighted by molar-refractivity contribution is -0.385. The van der Waals surface area contributed by atoms with Gasteiger partial charge < -0.3 is 4.74 Å². The van der Waals surface area contributed by atoms with Crippen molar-refractivity contribution in [2.75, 3.05) is 11.9 Å². The number of carbonyl (C=O) groups is 1. The number of aromatic nitrogens is 3. The second kappa shape index (κ2) is 5.99. The number of aryl methyl sites for hydroxylation is 1. The van der Waals surface area contributed by atoms with Gasteiger partial charge in [-0.25, -0.2) is 5.10 Å². The number of rotatable bonds is 5. The van der Waals surface area contributed by atoms with E-state index in [1.54, 1.807) is 19.9 Å². The molecule has 110 valence electrons. The minimum atomic E-state index is -0.649. The number of benzene rings is 1. The van der Waals surface area contributed by atoms with Crippen LogP contribution in [0, 0.1) is 17.0 Å². The average molecular weight is 291 g/mol. The first-order chi connectivity index (χ1) is 10.0. The highest BCUT2D eigenvalue weighted by Gasteiger charge is 2.21. The quantitative estimate of drug-likeness (QED) is 0.638. The molecule has 0 aliphatic carbocycles. The summed E-state index contributed by atoms with van der Waals surface area (Å²) < 4.78 is 5.04. The van der Waals surface area contributed by atoms with Crippen molar-refractivity contribution < 1.29 is 14.5 Å². The van der Waals surface area contributed by atoms with Gasteiger partial charge in [0.25, 0.3) is 11.6 Å². The Hall–Kier alpha value is -2.97. The minimum Gasteiger partial charge on any atom is -0.463 e. The molecule has 0 fully saturated rings. The Morgan fingerprint density at radius 3 is 2.95 bits per heavy atom. The number of H-pyrrole nitrogens is 1. The zero-order chi connectivity index (χ0) is 15.4. The van der Waals surface area contributed by atoms with Gasteiger partial charge in [0, 0.05) is 6.07 Å². The maximum absolute atomic E-state index is 12.1. The van der Waals surface area contributed by atoms with Crippen LogP contribution in [0.15, 0.2) is 18.2 Å². The highest BCUT2D eigenvalue weighted by atomic mass is 16.6. The van der Waals surface area contributed by atoms with Crippen molar-refractivity contribution in [1.29, 1.82) is 0 Å². The van der Waals surface area contributed by atoms with Crippen molar-refractivity contribution >= 4 is 17.5 Å². The van der Waals surface area contributed by atoms with Crippen LogP contribution in [0.4, 0.5) is 11.6 Å². The third-order valence-corrected chi connectivity index (χ3v) is 2.56. The van der Waals surface area contributed by atoms with Crippen molar-refractivity contribution in [3.63, 3.8) is 0 Å². The molecule has 0 saturated heterocycles. The summed E-state index contributed by atoms with van der Waals surface area (Å²) in [5.41, 5.74) is 0.412. The Morgan fingerprint density at radius 2 is 2.29 bits per heavy atom. The molecule has 2 rings (SSSR count). The number of hydrogen-bond acceptors (Lipinski definition) is 6. The summed E-state index contributed by atoms with van der Waals surface area (Å²) in [6.45, 7) is 3.89. The Labute approximate surface area is 119 Å². The molecule has 1 aromatic carbocycles. The number of nitrogens with zero attached hydrogens (tertiary/aromatic N) is 3. The van der Waals surface area contributed by atoms with Gasteiger partial charge in [0.2, 0.25) is 5.95 Å². The van der Waals surface area contributed by atoms with Gasteiger partial charge in [-0.1, -0.05) is 6.07 Å². The molecule has 9 nitrogen and oxygen atoms in total. The van der Waals surface area contributed by atoms with Gasteiger partial charge >= 0.3 is 6.01 Å². The fourth-order valence-electron chi connectivity index (χ4n) is 1.66. The summed E-state index contributed by atoms with van der Waals surface area (Å²) in [5.74, 6) is -0.594. The van der Waals surface area contributed by atoms with Crippen LogP contribution >= 0.6 is 0 Å². The number of anilines is 1. The lowest BCUT2D eigenvalue weighted by Crippen LogP contribution is -2.15. The van der Waals surface area contributed by atoms with Crippen molar-refractivity contribution in [3.8, 4) is 6.01 Å². The van der Waals surface area contributed by atoms with Crippen LogP contribution in [0.3, 0.4) is 0 Å². The predicted octanol–water partition coefficient (Wildman–Crippen LogP) is 1.67. The van der Waals surface area contributed by atoms with Crippen LogP contribution in [-0.4, -0.2) is 32.6 Å². The number of carbonyl (C=O) groups excluding carboxylic acids is 1. The number of nitro groups is 1. The summed E-state index contributed by atoms with van der Waals surface area (Å²) in [6.07, 6.45) is 0. The maximum Gasteiger partial charge on any atom is 0.337 e. The molecule has 0 bridgehead atoms. The van der Waals surface area contributed by atoms with E-state index >= 15 is 0 Å². The largest absolute Gasteiger partial charge is 0.463 e. The molecule has 0 aliphatic heterocycles. The number of ether oxygens (including phenoxy) is 1. The molecule has 0 aliphatic rings. The van der Waals surface area contributed by atoms with E-state index in [2.05, 4.69) is 20.5 Å². The van der Waals surface area contributed by atoms with E-state index in [9.17, 15) is 14.9 Å². The number of nitrogens with one attached hydrogen (secondary N) is 2. The van der Waals surface area contributed by atoms with E-state index in [-0.39, 0.29) is 23.2 Å². The van der Waals surface area contributed by atoms with Crippen molar-refractivity contribution in [1.82, 2.24) is 15.2 Å². The molecule has 0 spiro atoms. The van der Waals surface area contributed by atoms with Crippen molar-refractivity contribution in [3.05, 3.63) is 39.4 Å². The number of hydrogen-bond donors (Lipinski definition) is 2. The van der Waals surface area contributed by atoms with Crippen molar-refractivity contribution in [2.45, 2.75) is 13.8 Å². The first-order valence-corrected chi connectivity index (χ1v) is 6.13. The predicted molar refractivity (Wildman–Crippen MR) is 73.3 cm³/mol. The van der Waals surface area contributed by atoms with Crippen LogP contribution in [0.5, 0.6) is 6.01 Å². The van der Waals surface area contributed by atoms with Crippen LogP contribution in [0.1, 0.15) is 22.8 Å². The molecule has 9 heteroatoms. The Bertz CT molecular complexity index is 682. The first kappa shape index (κ1) is 14.4. The van der Waals surface area contributed by atoms with E-state index in [1.165, 1.54) is 12.1 Å². The summed E-state index contributed by atoms with van der Waals surface area (Å²) in [6, 6.07) is 4.38. The lowest BCUT2D eigenvalue weighted by Gasteiger charge is -2.03. The molecular formula is C12H13N5O4. The van der Waals surface area contributed by atoms with Crippen LogP contribution in [-0.2, 0) is 0 Å². The summed E-state index contributed by atoms with van der Waals surface area (Å²) in [4.78, 5) is 26.3. The number of amides is 1. The summed E-state index contributed by atoms with van der Waals surface area (Å²) >= 11 is 0. The zero-order valence-corrected chi connectivity index (χ0v) is 11.4. The SMILES string of the molecule is CCOc1n[nH]c(NC(=O)c2cc(C)ccc2[N+](=O)[O-])n1. The Kier molecular flexibility index (Phi) is 4.12. The van der Waals surface area contributed by atoms with Gasteiger partial charge in [-0.2, -0.15) is 4.98 Å². The number of nitro benzene ring substituents is 1. The molecule has 1 heterocycles. The van der Waals surface area contributed by atoms with Gasteiger partial charge in [0.15, 0.2) is 0 Å². The molecule has 21 heavy (non-hydrogen) atoms. The molecule has 0 unspecified atom stereocenters. The second-order valence-corrected chi connectivity index (χ2v) is 4.13. The zero-order valence-electron chi connectivity index (χ0n) is 11.4. The van der Waals surface area contributed by atoms with Crippen LogP contribution < -0.4 is 10.1 Å². The van der Waals surface area contributed by atoms with Crippen LogP contribution in [0.25, 0.3) is 0 Å². The molecule has 0 saturated carbocycles. The molecule has 0 radical (unpaired) electrons. The smallest absolute Gasteiger partial charge is 0.337 e. The first-order valence-electron chi connectivity index (χ1n) is 6.13. The Balaban J connectivity index is 2.23. The van der Waals surface area contributed by atoms with Gasteiger partial charge in [-0.05, 0) is 25.5 Å². The third kappa shape index (κ3) is 3.32. The fourth-order valence-corrected chi connectivity index (χ4v) is 1.66. The van der Waals surface area contributed by atoms with E-state index in [1.807, 2.05) is 0 Å². The van der Waals surface area contributed by atoms with Crippen LogP contribution in [0.2, 0.25) is 0 Å². The lowest BCUT2D eigenvalue weighted by atomic mass is 10.1. The monoisotopic (exact) mass is 291 g/mol. The van der Waals surface area contributed by atoms with Gasteiger partial charge in [0.05, 0.1) is 11.5 Å². The average Bonchev–Trinajstić information content (AvgIpc) is 2.86. The van der Waals surface area contributed by atoms with Gasteiger partial charge in [-0.3, -0.25) is 20.2 Å². The standard InChI is InChI=1S/C12H13N5O4/c1-3-21-12-14-11(15-16-12)13-10(18)8-6-7(2)4-5-9(8)17(19)20/h4-6H,3H2,1-2H3,(H2,13,14,15,16,18). The normalized spacial score (nSPS) is 10.2. The van der Waals surface area contributed by atoms with E-state index in [0.29, 0.717) is 6.61 Å². The summed E-state index contributed by atoms with van der Waals surface area (Å²) in [5, 5.41) is 19.5. The van der Waals surface area contributed by atoms with Crippen molar-refractivity contribution in [2.24, 2.45) is 0 Å². The van der Waals surface area contributed by atoms with E-state index in [0.717, 1.165) is 5.56 Å². The fraction of sp³-hybridized carbons (Fsp3) is 0.250. The Morgan fingerprint density at radius 1 is 1.52 bits per heavy atom.